The average Bonchev–Trinajstić information content (AvgIpc) is 3.30. The van der Waals surface area contributed by atoms with Crippen LogP contribution in [0.15, 0.2) is 30.3 Å². The van der Waals surface area contributed by atoms with Crippen LogP contribution in [0.25, 0.3) is 0 Å². The maximum absolute atomic E-state index is 12.4. The zero-order chi connectivity index (χ0) is 18.5. The molecule has 2 aliphatic rings. The van der Waals surface area contributed by atoms with Crippen molar-refractivity contribution < 1.29 is 19.5 Å². The van der Waals surface area contributed by atoms with Gasteiger partial charge >= 0.3 is 12.0 Å². The van der Waals surface area contributed by atoms with E-state index in [4.69, 9.17) is 5.11 Å². The van der Waals surface area contributed by atoms with Gasteiger partial charge in [-0.15, -0.1) is 0 Å². The molecular formula is C19H25N3O4. The second-order valence-corrected chi connectivity index (χ2v) is 7.03. The van der Waals surface area contributed by atoms with Crippen molar-refractivity contribution in [2.75, 3.05) is 26.2 Å². The maximum atomic E-state index is 12.4. The van der Waals surface area contributed by atoms with Crippen molar-refractivity contribution in [2.24, 2.45) is 5.92 Å². The molecule has 2 fully saturated rings. The predicted octanol–water partition coefficient (Wildman–Crippen LogP) is 1.34. The molecule has 3 rings (SSSR count). The molecule has 0 spiro atoms. The molecule has 2 heterocycles. The lowest BCUT2D eigenvalue weighted by atomic mass is 10.1. The Morgan fingerprint density at radius 1 is 1.04 bits per heavy atom. The lowest BCUT2D eigenvalue weighted by Crippen LogP contribution is -2.45. The molecule has 2 N–H and O–H groups in total. The first-order valence-electron chi connectivity index (χ1n) is 9.13. The molecule has 0 radical (unpaired) electrons. The first-order valence-corrected chi connectivity index (χ1v) is 9.13. The number of carboxylic acid groups (broad SMARTS) is 1. The number of hydrogen-bond donors (Lipinski definition) is 2. The van der Waals surface area contributed by atoms with Crippen LogP contribution in [0.1, 0.15) is 24.8 Å². The van der Waals surface area contributed by atoms with Crippen LogP contribution in [0.4, 0.5) is 4.79 Å². The van der Waals surface area contributed by atoms with Gasteiger partial charge in [0.05, 0.1) is 5.92 Å². The van der Waals surface area contributed by atoms with E-state index in [1.807, 2.05) is 30.3 Å². The topological polar surface area (TPSA) is 89.9 Å². The Morgan fingerprint density at radius 2 is 1.77 bits per heavy atom. The molecule has 7 heteroatoms. The van der Waals surface area contributed by atoms with E-state index in [0.717, 1.165) is 18.4 Å². The predicted molar refractivity (Wildman–Crippen MR) is 95.6 cm³/mol. The van der Waals surface area contributed by atoms with Crippen molar-refractivity contribution in [3.63, 3.8) is 0 Å². The Hall–Kier alpha value is -2.57. The van der Waals surface area contributed by atoms with Crippen molar-refractivity contribution in [1.82, 2.24) is 15.1 Å². The SMILES string of the molecule is O=C(O)C1CCN(C(=O)NC2CCN(C(=O)CCc3ccccc3)C2)C1. The first kappa shape index (κ1) is 18.2. The third-order valence-corrected chi connectivity index (χ3v) is 5.16. The Kier molecular flexibility index (Phi) is 5.75. The number of aryl methyl sites for hydroxylation is 1. The molecule has 140 valence electrons. The van der Waals surface area contributed by atoms with Crippen molar-refractivity contribution in [3.8, 4) is 0 Å². The van der Waals surface area contributed by atoms with Gasteiger partial charge in [-0.1, -0.05) is 30.3 Å². The number of nitrogens with one attached hydrogen (secondary N) is 1. The number of amides is 3. The molecule has 2 aliphatic heterocycles. The van der Waals surface area contributed by atoms with Gasteiger partial charge in [0.25, 0.3) is 0 Å². The van der Waals surface area contributed by atoms with Crippen LogP contribution in [0, 0.1) is 5.92 Å². The fourth-order valence-electron chi connectivity index (χ4n) is 3.57. The largest absolute Gasteiger partial charge is 0.481 e. The number of carbonyl (C=O) groups excluding carboxylic acids is 2. The Bertz CT molecular complexity index is 664. The average molecular weight is 359 g/mol. The highest BCUT2D eigenvalue weighted by atomic mass is 16.4. The molecule has 26 heavy (non-hydrogen) atoms. The standard InChI is InChI=1S/C19H25N3O4/c23-17(7-6-14-4-2-1-3-5-14)21-11-9-16(13-21)20-19(26)22-10-8-15(12-22)18(24)25/h1-5,15-16H,6-13H2,(H,20,26)(H,24,25). The Morgan fingerprint density at radius 3 is 2.46 bits per heavy atom. The molecule has 2 unspecified atom stereocenters. The summed E-state index contributed by atoms with van der Waals surface area (Å²) in [4.78, 5) is 39.0. The van der Waals surface area contributed by atoms with E-state index in [2.05, 4.69) is 5.32 Å². The van der Waals surface area contributed by atoms with Gasteiger partial charge in [0, 0.05) is 38.6 Å². The van der Waals surface area contributed by atoms with E-state index in [-0.39, 0.29) is 24.5 Å². The molecule has 0 aliphatic carbocycles. The fraction of sp³-hybridized carbons (Fsp3) is 0.526. The van der Waals surface area contributed by atoms with Crippen LogP contribution >= 0.6 is 0 Å². The van der Waals surface area contributed by atoms with Gasteiger partial charge in [0.1, 0.15) is 0 Å². The highest BCUT2D eigenvalue weighted by Crippen LogP contribution is 2.18. The minimum absolute atomic E-state index is 0.0629. The summed E-state index contributed by atoms with van der Waals surface area (Å²) in [5.41, 5.74) is 1.15. The normalized spacial score (nSPS) is 22.5. The smallest absolute Gasteiger partial charge is 0.317 e. The number of benzene rings is 1. The van der Waals surface area contributed by atoms with Crippen molar-refractivity contribution >= 4 is 17.9 Å². The zero-order valence-corrected chi connectivity index (χ0v) is 14.8. The monoisotopic (exact) mass is 359 g/mol. The third-order valence-electron chi connectivity index (χ3n) is 5.16. The highest BCUT2D eigenvalue weighted by Gasteiger charge is 2.33. The summed E-state index contributed by atoms with van der Waals surface area (Å²) < 4.78 is 0. The van der Waals surface area contributed by atoms with E-state index < -0.39 is 11.9 Å². The van der Waals surface area contributed by atoms with Crippen molar-refractivity contribution in [2.45, 2.75) is 31.7 Å². The van der Waals surface area contributed by atoms with Crippen LogP contribution in [0.5, 0.6) is 0 Å². The number of carbonyl (C=O) groups is 3. The second kappa shape index (κ2) is 8.21. The quantitative estimate of drug-likeness (QED) is 0.830. The minimum Gasteiger partial charge on any atom is -0.481 e. The molecular weight excluding hydrogens is 334 g/mol. The Balaban J connectivity index is 1.41. The van der Waals surface area contributed by atoms with E-state index >= 15 is 0 Å². The first-order chi connectivity index (χ1) is 12.5. The summed E-state index contributed by atoms with van der Waals surface area (Å²) in [6, 6.07) is 9.63. The van der Waals surface area contributed by atoms with Gasteiger partial charge in [0.15, 0.2) is 0 Å². The molecule has 1 aromatic rings. The van der Waals surface area contributed by atoms with Crippen LogP contribution in [0.2, 0.25) is 0 Å². The molecule has 2 saturated heterocycles. The van der Waals surface area contributed by atoms with Gasteiger partial charge in [-0.3, -0.25) is 9.59 Å². The van der Waals surface area contributed by atoms with Crippen molar-refractivity contribution in [1.29, 1.82) is 0 Å². The van der Waals surface area contributed by atoms with Gasteiger partial charge in [-0.25, -0.2) is 4.79 Å². The van der Waals surface area contributed by atoms with Crippen LogP contribution in [0.3, 0.4) is 0 Å². The van der Waals surface area contributed by atoms with E-state index in [9.17, 15) is 14.4 Å². The molecule has 2 atom stereocenters. The molecule has 1 aromatic carbocycles. The molecule has 0 aromatic heterocycles. The minimum atomic E-state index is -0.851. The molecule has 7 nitrogen and oxygen atoms in total. The van der Waals surface area contributed by atoms with Crippen molar-refractivity contribution in [3.05, 3.63) is 35.9 Å². The summed E-state index contributed by atoms with van der Waals surface area (Å²) in [5.74, 6) is -1.21. The van der Waals surface area contributed by atoms with Crippen LogP contribution in [-0.2, 0) is 16.0 Å². The van der Waals surface area contributed by atoms with Gasteiger partial charge in [0.2, 0.25) is 5.91 Å². The van der Waals surface area contributed by atoms with Crippen LogP contribution in [-0.4, -0.2) is 65.0 Å². The van der Waals surface area contributed by atoms with E-state index in [1.54, 1.807) is 9.80 Å². The number of hydrogen-bond acceptors (Lipinski definition) is 3. The number of likely N-dealkylation sites (tertiary alicyclic amines) is 2. The van der Waals surface area contributed by atoms with E-state index in [0.29, 0.717) is 32.5 Å². The van der Waals surface area contributed by atoms with E-state index in [1.165, 1.54) is 0 Å². The van der Waals surface area contributed by atoms with Gasteiger partial charge < -0.3 is 20.2 Å². The molecule has 0 saturated carbocycles. The number of rotatable bonds is 5. The van der Waals surface area contributed by atoms with Gasteiger partial charge in [-0.2, -0.15) is 0 Å². The molecule has 3 amide bonds. The van der Waals surface area contributed by atoms with Crippen LogP contribution < -0.4 is 5.32 Å². The summed E-state index contributed by atoms with van der Waals surface area (Å²) in [5, 5.41) is 12.0. The maximum Gasteiger partial charge on any atom is 0.317 e. The lowest BCUT2D eigenvalue weighted by Gasteiger charge is -2.21. The second-order valence-electron chi connectivity index (χ2n) is 7.03. The molecule has 0 bridgehead atoms. The summed E-state index contributed by atoms with van der Waals surface area (Å²) in [6.45, 7) is 1.90. The highest BCUT2D eigenvalue weighted by molar-refractivity contribution is 5.79. The number of urea groups is 1. The Labute approximate surface area is 153 Å². The summed E-state index contributed by atoms with van der Waals surface area (Å²) in [6.07, 6.45) is 2.42. The third kappa shape index (κ3) is 4.53. The number of aliphatic carboxylic acids is 1. The summed E-state index contributed by atoms with van der Waals surface area (Å²) >= 11 is 0. The summed E-state index contributed by atoms with van der Waals surface area (Å²) in [7, 11) is 0. The van der Waals surface area contributed by atoms with Gasteiger partial charge in [-0.05, 0) is 24.8 Å². The number of carboxylic acids is 1. The lowest BCUT2D eigenvalue weighted by molar-refractivity contribution is -0.141. The fourth-order valence-corrected chi connectivity index (χ4v) is 3.57. The number of nitrogens with zero attached hydrogens (tertiary/aromatic N) is 2. The zero-order valence-electron chi connectivity index (χ0n) is 14.8.